The largest absolute Gasteiger partial charge is 0.409 e. The molecule has 0 aliphatic carbocycles. The topological polar surface area (TPSA) is 96.0 Å². The normalized spacial score (nSPS) is 20.6. The van der Waals surface area contributed by atoms with E-state index in [-0.39, 0.29) is 5.84 Å². The lowest BCUT2D eigenvalue weighted by molar-refractivity contribution is 0.318. The van der Waals surface area contributed by atoms with Crippen molar-refractivity contribution in [1.29, 1.82) is 0 Å². The number of hydrogen-bond acceptors (Lipinski definition) is 6. The maximum atomic E-state index is 12.0. The number of thioether (sulfide) groups is 1. The van der Waals surface area contributed by atoms with Gasteiger partial charge in [-0.2, -0.15) is 11.8 Å². The van der Waals surface area contributed by atoms with Gasteiger partial charge in [-0.05, 0) is 19.1 Å². The number of benzene rings is 1. The summed E-state index contributed by atoms with van der Waals surface area (Å²) in [4.78, 5) is 1.83. The minimum Gasteiger partial charge on any atom is -0.409 e. The predicted molar refractivity (Wildman–Crippen MR) is 87.0 cm³/mol. The first-order chi connectivity index (χ1) is 9.84. The molecule has 3 N–H and O–H groups in total. The Morgan fingerprint density at radius 2 is 2.24 bits per heavy atom. The first-order valence-electron chi connectivity index (χ1n) is 6.46. The number of anilines is 1. The molecule has 1 aliphatic heterocycles. The number of nitrogens with two attached hydrogens (primary N) is 1. The van der Waals surface area contributed by atoms with E-state index < -0.39 is 15.2 Å². The second-order valence-corrected chi connectivity index (χ2v) is 8.41. The third-order valence-corrected chi connectivity index (χ3v) is 6.07. The fourth-order valence-corrected chi connectivity index (χ4v) is 5.20. The first kappa shape index (κ1) is 16.0. The molecule has 0 spiro atoms. The van der Waals surface area contributed by atoms with Gasteiger partial charge in [-0.25, -0.2) is 8.42 Å². The highest BCUT2D eigenvalue weighted by molar-refractivity contribution is 8.01. The lowest BCUT2D eigenvalue weighted by Gasteiger charge is -2.37. The standard InChI is InChI=1S/C13H19N3O3S2/c1-9-3-4-11(10(7-9)13(14)15-17)16-5-6-20-8-12(16)21(2,18)19/h3-4,7,12,17H,5-6,8H2,1-2H3,(H2,14,15). The van der Waals surface area contributed by atoms with Crippen LogP contribution in [-0.4, -0.2) is 49.1 Å². The van der Waals surface area contributed by atoms with Gasteiger partial charge in [-0.15, -0.1) is 0 Å². The zero-order chi connectivity index (χ0) is 15.6. The molecule has 1 fully saturated rings. The van der Waals surface area contributed by atoms with E-state index in [2.05, 4.69) is 5.16 Å². The fourth-order valence-electron chi connectivity index (χ4n) is 2.37. The van der Waals surface area contributed by atoms with Crippen LogP contribution >= 0.6 is 11.8 Å². The molecule has 0 bridgehead atoms. The molecule has 0 radical (unpaired) electrons. The van der Waals surface area contributed by atoms with Gasteiger partial charge >= 0.3 is 0 Å². The van der Waals surface area contributed by atoms with Crippen LogP contribution in [0.15, 0.2) is 23.4 Å². The van der Waals surface area contributed by atoms with E-state index in [1.807, 2.05) is 24.0 Å². The summed E-state index contributed by atoms with van der Waals surface area (Å²) < 4.78 is 24.0. The van der Waals surface area contributed by atoms with E-state index in [1.54, 1.807) is 17.8 Å². The lowest BCUT2D eigenvalue weighted by Crippen LogP contribution is -2.47. The molecule has 8 heteroatoms. The van der Waals surface area contributed by atoms with E-state index in [0.717, 1.165) is 11.3 Å². The summed E-state index contributed by atoms with van der Waals surface area (Å²) in [6, 6.07) is 5.52. The number of hydrogen-bond donors (Lipinski definition) is 2. The SMILES string of the molecule is Cc1ccc(N2CCSCC2S(C)(=O)=O)c(/C(N)=N/O)c1. The summed E-state index contributed by atoms with van der Waals surface area (Å²) in [6.07, 6.45) is 1.24. The van der Waals surface area contributed by atoms with E-state index in [0.29, 0.717) is 23.5 Å². The Hall–Kier alpha value is -1.41. The van der Waals surface area contributed by atoms with Crippen LogP contribution in [0, 0.1) is 6.92 Å². The molecule has 1 aliphatic rings. The van der Waals surface area contributed by atoms with Crippen molar-refractivity contribution in [3.8, 4) is 0 Å². The van der Waals surface area contributed by atoms with E-state index >= 15 is 0 Å². The second-order valence-electron chi connectivity index (χ2n) is 5.06. The van der Waals surface area contributed by atoms with Crippen LogP contribution in [0.3, 0.4) is 0 Å². The number of oxime groups is 1. The third kappa shape index (κ3) is 3.44. The smallest absolute Gasteiger partial charge is 0.172 e. The average Bonchev–Trinajstić information content (AvgIpc) is 2.45. The molecule has 1 atom stereocenters. The molecule has 1 unspecified atom stereocenters. The summed E-state index contributed by atoms with van der Waals surface area (Å²) in [5.41, 5.74) is 7.95. The lowest BCUT2D eigenvalue weighted by atomic mass is 10.1. The van der Waals surface area contributed by atoms with Crippen LogP contribution in [0.25, 0.3) is 0 Å². The van der Waals surface area contributed by atoms with E-state index in [1.165, 1.54) is 6.26 Å². The molecule has 2 rings (SSSR count). The Balaban J connectivity index is 2.53. The van der Waals surface area contributed by atoms with Gasteiger partial charge in [0.25, 0.3) is 0 Å². The van der Waals surface area contributed by atoms with Gasteiger partial charge in [0.2, 0.25) is 0 Å². The van der Waals surface area contributed by atoms with Gasteiger partial charge < -0.3 is 15.8 Å². The fraction of sp³-hybridized carbons (Fsp3) is 0.462. The van der Waals surface area contributed by atoms with Crippen LogP contribution in [0.1, 0.15) is 11.1 Å². The highest BCUT2D eigenvalue weighted by Crippen LogP contribution is 2.30. The molecular formula is C13H19N3O3S2. The molecular weight excluding hydrogens is 310 g/mol. The molecule has 21 heavy (non-hydrogen) atoms. The Kier molecular flexibility index (Phi) is 4.67. The number of aryl methyl sites for hydroxylation is 1. The zero-order valence-corrected chi connectivity index (χ0v) is 13.6. The maximum absolute atomic E-state index is 12.0. The summed E-state index contributed by atoms with van der Waals surface area (Å²) in [6.45, 7) is 2.51. The Labute approximate surface area is 128 Å². The highest BCUT2D eigenvalue weighted by atomic mass is 32.2. The number of rotatable bonds is 3. The number of amidine groups is 1. The van der Waals surface area contributed by atoms with Gasteiger partial charge in [-0.3, -0.25) is 0 Å². The zero-order valence-electron chi connectivity index (χ0n) is 12.0. The van der Waals surface area contributed by atoms with Crippen LogP contribution in [0.2, 0.25) is 0 Å². The van der Waals surface area contributed by atoms with E-state index in [9.17, 15) is 8.42 Å². The molecule has 1 aromatic carbocycles. The van der Waals surface area contributed by atoms with Gasteiger partial charge in [0.15, 0.2) is 15.7 Å². The molecule has 1 heterocycles. The highest BCUT2D eigenvalue weighted by Gasteiger charge is 2.32. The van der Waals surface area contributed by atoms with Crippen LogP contribution < -0.4 is 10.6 Å². The van der Waals surface area contributed by atoms with Crippen molar-refractivity contribution < 1.29 is 13.6 Å². The monoisotopic (exact) mass is 329 g/mol. The average molecular weight is 329 g/mol. The van der Waals surface area contributed by atoms with Crippen molar-refractivity contribution in [2.45, 2.75) is 12.3 Å². The van der Waals surface area contributed by atoms with Crippen LogP contribution in [0.4, 0.5) is 5.69 Å². The van der Waals surface area contributed by atoms with Crippen molar-refractivity contribution in [2.24, 2.45) is 10.9 Å². The van der Waals surface area contributed by atoms with Gasteiger partial charge in [-0.1, -0.05) is 16.8 Å². The summed E-state index contributed by atoms with van der Waals surface area (Å²) in [5, 5.41) is 11.4. The molecule has 6 nitrogen and oxygen atoms in total. The second kappa shape index (κ2) is 6.15. The Morgan fingerprint density at radius 1 is 1.52 bits per heavy atom. The molecule has 0 saturated carbocycles. The summed E-state index contributed by atoms with van der Waals surface area (Å²) in [5.74, 6) is 1.34. The van der Waals surface area contributed by atoms with Gasteiger partial charge in [0.1, 0.15) is 5.37 Å². The summed E-state index contributed by atoms with van der Waals surface area (Å²) >= 11 is 1.62. The van der Waals surface area contributed by atoms with Crippen molar-refractivity contribution >= 4 is 33.1 Å². The number of sulfone groups is 1. The number of nitrogens with zero attached hydrogens (tertiary/aromatic N) is 2. The van der Waals surface area contributed by atoms with Crippen LogP contribution in [0.5, 0.6) is 0 Å². The third-order valence-electron chi connectivity index (χ3n) is 3.42. The minimum absolute atomic E-state index is 0.0147. The molecule has 1 saturated heterocycles. The van der Waals surface area contributed by atoms with Gasteiger partial charge in [0, 0.05) is 35.6 Å². The predicted octanol–water partition coefficient (Wildman–Crippen LogP) is 1.01. The minimum atomic E-state index is -3.22. The first-order valence-corrected chi connectivity index (χ1v) is 9.57. The molecule has 1 aromatic rings. The quantitative estimate of drug-likeness (QED) is 0.372. The Bertz CT molecular complexity index is 659. The van der Waals surface area contributed by atoms with Crippen molar-refractivity contribution in [2.75, 3.05) is 29.2 Å². The van der Waals surface area contributed by atoms with Crippen molar-refractivity contribution in [3.05, 3.63) is 29.3 Å². The molecule has 0 amide bonds. The van der Waals surface area contributed by atoms with E-state index in [4.69, 9.17) is 10.9 Å². The summed E-state index contributed by atoms with van der Waals surface area (Å²) in [7, 11) is -3.22. The van der Waals surface area contributed by atoms with Crippen molar-refractivity contribution in [1.82, 2.24) is 0 Å². The van der Waals surface area contributed by atoms with Crippen LogP contribution in [-0.2, 0) is 9.84 Å². The maximum Gasteiger partial charge on any atom is 0.172 e. The molecule has 0 aromatic heterocycles. The van der Waals surface area contributed by atoms with Gasteiger partial charge in [0.05, 0.1) is 0 Å². The molecule has 116 valence electrons. The Morgan fingerprint density at radius 3 is 2.86 bits per heavy atom. The van der Waals surface area contributed by atoms with Crippen molar-refractivity contribution in [3.63, 3.8) is 0 Å².